The SMILES string of the molecule is NC(=S)CCNS(=O)(=O)C1CC1. The Morgan fingerprint density at radius 1 is 1.58 bits per heavy atom. The van der Waals surface area contributed by atoms with Gasteiger partial charge in [-0.2, -0.15) is 0 Å². The molecule has 1 rings (SSSR count). The molecular formula is C6H12N2O2S2. The number of hydrogen-bond acceptors (Lipinski definition) is 3. The maximum atomic E-state index is 11.2. The van der Waals surface area contributed by atoms with E-state index in [-0.39, 0.29) is 5.25 Å². The number of sulfonamides is 1. The molecule has 0 amide bonds. The maximum Gasteiger partial charge on any atom is 0.214 e. The number of thiocarbonyl (C=S) groups is 1. The normalized spacial score (nSPS) is 17.7. The van der Waals surface area contributed by atoms with Gasteiger partial charge in [0.2, 0.25) is 10.0 Å². The van der Waals surface area contributed by atoms with Gasteiger partial charge in [-0.15, -0.1) is 0 Å². The van der Waals surface area contributed by atoms with Crippen LogP contribution in [0, 0.1) is 0 Å². The summed E-state index contributed by atoms with van der Waals surface area (Å²) in [6.07, 6.45) is 1.99. The second-order valence-corrected chi connectivity index (χ2v) is 5.42. The van der Waals surface area contributed by atoms with Crippen LogP contribution in [0.3, 0.4) is 0 Å². The highest BCUT2D eigenvalue weighted by molar-refractivity contribution is 7.90. The first-order chi connectivity index (χ1) is 5.52. The van der Waals surface area contributed by atoms with Gasteiger partial charge in [0, 0.05) is 13.0 Å². The van der Waals surface area contributed by atoms with Crippen LogP contribution in [0.4, 0.5) is 0 Å². The molecule has 0 radical (unpaired) electrons. The zero-order valence-electron chi connectivity index (χ0n) is 6.62. The Morgan fingerprint density at radius 2 is 2.17 bits per heavy atom. The second kappa shape index (κ2) is 3.68. The molecule has 0 bridgehead atoms. The van der Waals surface area contributed by atoms with Crippen molar-refractivity contribution in [1.82, 2.24) is 4.72 Å². The fourth-order valence-corrected chi connectivity index (χ4v) is 2.29. The van der Waals surface area contributed by atoms with Gasteiger partial charge in [-0.25, -0.2) is 13.1 Å². The Balaban J connectivity index is 2.26. The minimum atomic E-state index is -3.05. The summed E-state index contributed by atoms with van der Waals surface area (Å²) in [4.78, 5) is 0.341. The van der Waals surface area contributed by atoms with Crippen molar-refractivity contribution in [3.63, 3.8) is 0 Å². The summed E-state index contributed by atoms with van der Waals surface area (Å²) in [5, 5.41) is -0.163. The van der Waals surface area contributed by atoms with Crippen LogP contribution in [0.5, 0.6) is 0 Å². The van der Waals surface area contributed by atoms with Crippen LogP contribution in [0.15, 0.2) is 0 Å². The van der Waals surface area contributed by atoms with E-state index in [1.807, 2.05) is 0 Å². The topological polar surface area (TPSA) is 72.2 Å². The Kier molecular flexibility index (Phi) is 3.03. The largest absolute Gasteiger partial charge is 0.393 e. The Labute approximate surface area is 77.6 Å². The predicted octanol–water partition coefficient (Wildman–Crippen LogP) is -0.256. The van der Waals surface area contributed by atoms with Crippen molar-refractivity contribution in [3.05, 3.63) is 0 Å². The fraction of sp³-hybridized carbons (Fsp3) is 0.833. The van der Waals surface area contributed by atoms with Crippen molar-refractivity contribution in [2.75, 3.05) is 6.54 Å². The first kappa shape index (κ1) is 9.88. The summed E-state index contributed by atoms with van der Waals surface area (Å²) < 4.78 is 24.8. The third-order valence-electron chi connectivity index (χ3n) is 1.64. The summed E-state index contributed by atoms with van der Waals surface area (Å²) in [7, 11) is -3.05. The lowest BCUT2D eigenvalue weighted by atomic mass is 10.4. The van der Waals surface area contributed by atoms with Gasteiger partial charge in [0.15, 0.2) is 0 Å². The molecule has 0 heterocycles. The molecule has 6 heteroatoms. The molecule has 1 saturated carbocycles. The van der Waals surface area contributed by atoms with E-state index in [2.05, 4.69) is 16.9 Å². The van der Waals surface area contributed by atoms with Gasteiger partial charge in [0.05, 0.1) is 10.2 Å². The number of rotatable bonds is 5. The molecule has 70 valence electrons. The van der Waals surface area contributed by atoms with E-state index in [0.717, 1.165) is 12.8 Å². The standard InChI is InChI=1S/C6H12N2O2S2/c7-6(11)3-4-8-12(9,10)5-1-2-5/h5,8H,1-4H2,(H2,7,11). The molecule has 12 heavy (non-hydrogen) atoms. The Morgan fingerprint density at radius 3 is 2.58 bits per heavy atom. The summed E-state index contributed by atoms with van der Waals surface area (Å²) >= 11 is 4.61. The predicted molar refractivity (Wildman–Crippen MR) is 51.3 cm³/mol. The van der Waals surface area contributed by atoms with E-state index < -0.39 is 10.0 Å². The second-order valence-electron chi connectivity index (χ2n) is 2.86. The average Bonchev–Trinajstić information content (AvgIpc) is 2.65. The monoisotopic (exact) mass is 208 g/mol. The third-order valence-corrected chi connectivity index (χ3v) is 3.80. The molecule has 1 aliphatic carbocycles. The lowest BCUT2D eigenvalue weighted by Gasteiger charge is -2.03. The minimum Gasteiger partial charge on any atom is -0.393 e. The van der Waals surface area contributed by atoms with Crippen molar-refractivity contribution >= 4 is 27.2 Å². The highest BCUT2D eigenvalue weighted by atomic mass is 32.2. The van der Waals surface area contributed by atoms with Gasteiger partial charge in [-0.05, 0) is 12.8 Å². The number of hydrogen-bond donors (Lipinski definition) is 2. The Bertz CT molecular complexity index is 269. The van der Waals surface area contributed by atoms with Gasteiger partial charge >= 0.3 is 0 Å². The van der Waals surface area contributed by atoms with E-state index in [0.29, 0.717) is 18.0 Å². The van der Waals surface area contributed by atoms with E-state index in [1.165, 1.54) is 0 Å². The van der Waals surface area contributed by atoms with Crippen molar-refractivity contribution < 1.29 is 8.42 Å². The van der Waals surface area contributed by atoms with Gasteiger partial charge < -0.3 is 5.73 Å². The van der Waals surface area contributed by atoms with Gasteiger partial charge in [0.25, 0.3) is 0 Å². The van der Waals surface area contributed by atoms with Crippen molar-refractivity contribution in [1.29, 1.82) is 0 Å². The van der Waals surface area contributed by atoms with E-state index >= 15 is 0 Å². The smallest absolute Gasteiger partial charge is 0.214 e. The first-order valence-electron chi connectivity index (χ1n) is 3.79. The van der Waals surface area contributed by atoms with Crippen LogP contribution in [-0.4, -0.2) is 25.2 Å². The zero-order chi connectivity index (χ0) is 9.19. The lowest BCUT2D eigenvalue weighted by molar-refractivity contribution is 0.581. The van der Waals surface area contributed by atoms with Crippen LogP contribution in [0.25, 0.3) is 0 Å². The third kappa shape index (κ3) is 3.04. The summed E-state index contributed by atoms with van der Waals surface area (Å²) in [6, 6.07) is 0. The number of nitrogens with one attached hydrogen (secondary N) is 1. The van der Waals surface area contributed by atoms with Gasteiger partial charge in [-0.1, -0.05) is 12.2 Å². The minimum absolute atomic E-state index is 0.163. The van der Waals surface area contributed by atoms with E-state index in [1.54, 1.807) is 0 Å². The lowest BCUT2D eigenvalue weighted by Crippen LogP contribution is -2.30. The fourth-order valence-electron chi connectivity index (χ4n) is 0.813. The van der Waals surface area contributed by atoms with Crippen LogP contribution >= 0.6 is 12.2 Å². The van der Waals surface area contributed by atoms with Crippen LogP contribution in [-0.2, 0) is 10.0 Å². The molecule has 0 spiro atoms. The van der Waals surface area contributed by atoms with Crippen LogP contribution in [0.1, 0.15) is 19.3 Å². The van der Waals surface area contributed by atoms with E-state index in [4.69, 9.17) is 5.73 Å². The first-order valence-corrected chi connectivity index (χ1v) is 5.74. The highest BCUT2D eigenvalue weighted by Crippen LogP contribution is 2.27. The molecule has 0 aromatic rings. The van der Waals surface area contributed by atoms with E-state index in [9.17, 15) is 8.42 Å². The molecule has 4 nitrogen and oxygen atoms in total. The molecular weight excluding hydrogens is 196 g/mol. The van der Waals surface area contributed by atoms with Crippen molar-refractivity contribution in [2.45, 2.75) is 24.5 Å². The van der Waals surface area contributed by atoms with Crippen LogP contribution < -0.4 is 10.5 Å². The maximum absolute atomic E-state index is 11.2. The summed E-state index contributed by atoms with van der Waals surface area (Å²) in [6.45, 7) is 0.328. The molecule has 0 atom stereocenters. The summed E-state index contributed by atoms with van der Waals surface area (Å²) in [5.74, 6) is 0. The summed E-state index contributed by atoms with van der Waals surface area (Å²) in [5.41, 5.74) is 5.21. The molecule has 0 aromatic heterocycles. The molecule has 1 aliphatic rings. The molecule has 3 N–H and O–H groups in total. The van der Waals surface area contributed by atoms with Crippen molar-refractivity contribution in [3.8, 4) is 0 Å². The quantitative estimate of drug-likeness (QED) is 0.611. The molecule has 0 aliphatic heterocycles. The van der Waals surface area contributed by atoms with Crippen molar-refractivity contribution in [2.24, 2.45) is 5.73 Å². The number of nitrogens with two attached hydrogens (primary N) is 1. The zero-order valence-corrected chi connectivity index (χ0v) is 8.25. The molecule has 0 aromatic carbocycles. The Hall–Kier alpha value is -0.200. The van der Waals surface area contributed by atoms with Crippen LogP contribution in [0.2, 0.25) is 0 Å². The molecule has 1 fully saturated rings. The van der Waals surface area contributed by atoms with Gasteiger partial charge in [0.1, 0.15) is 0 Å². The molecule has 0 unspecified atom stereocenters. The van der Waals surface area contributed by atoms with Gasteiger partial charge in [-0.3, -0.25) is 0 Å². The average molecular weight is 208 g/mol. The highest BCUT2D eigenvalue weighted by Gasteiger charge is 2.35. The molecule has 0 saturated heterocycles.